The molecule has 0 spiro atoms. The molecule has 3 aromatic rings. The molecule has 0 aliphatic carbocycles. The van der Waals surface area contributed by atoms with E-state index >= 15 is 0 Å². The van der Waals surface area contributed by atoms with E-state index in [1.165, 1.54) is 23.8 Å². The Kier molecular flexibility index (Phi) is 6.20. The van der Waals surface area contributed by atoms with Crippen LogP contribution in [0.4, 0.5) is 5.69 Å². The third-order valence-corrected chi connectivity index (χ3v) is 6.32. The van der Waals surface area contributed by atoms with E-state index in [1.807, 2.05) is 0 Å². The predicted octanol–water partition coefficient (Wildman–Crippen LogP) is 6.45. The highest BCUT2D eigenvalue weighted by Crippen LogP contribution is 2.37. The Labute approximate surface area is 197 Å². The molecule has 9 heteroatoms. The summed E-state index contributed by atoms with van der Waals surface area (Å²) < 4.78 is 11.0. The molecule has 1 amide bonds. The standard InChI is InChI=1S/C22H13Cl2NO4S2/c1-28-21(27)16-10-12(2-8-17(16)24)18-9-7-15(29-18)11-19-20(26)25(22(30)31-19)14-5-3-13(23)4-6-14/h2-11H,1H3/b19-11-. The van der Waals surface area contributed by atoms with Crippen LogP contribution in [0.1, 0.15) is 16.1 Å². The third kappa shape index (κ3) is 4.41. The number of esters is 1. The van der Waals surface area contributed by atoms with Crippen molar-refractivity contribution in [1.29, 1.82) is 0 Å². The molecular formula is C22H13Cl2NO4S2. The van der Waals surface area contributed by atoms with E-state index in [4.69, 9.17) is 44.6 Å². The first-order valence-electron chi connectivity index (χ1n) is 8.89. The Balaban J connectivity index is 1.60. The molecule has 0 unspecified atom stereocenters. The second kappa shape index (κ2) is 8.88. The van der Waals surface area contributed by atoms with Gasteiger partial charge in [-0.15, -0.1) is 0 Å². The summed E-state index contributed by atoms with van der Waals surface area (Å²) in [5, 5.41) is 0.860. The lowest BCUT2D eigenvalue weighted by Crippen LogP contribution is -2.27. The molecule has 0 atom stereocenters. The molecule has 0 saturated carbocycles. The number of thioether (sulfide) groups is 1. The van der Waals surface area contributed by atoms with Crippen molar-refractivity contribution in [3.8, 4) is 11.3 Å². The normalized spacial score (nSPS) is 15.1. The maximum Gasteiger partial charge on any atom is 0.339 e. The number of furan rings is 1. The van der Waals surface area contributed by atoms with Crippen LogP contribution in [0, 0.1) is 0 Å². The summed E-state index contributed by atoms with van der Waals surface area (Å²) in [6, 6.07) is 15.3. The van der Waals surface area contributed by atoms with E-state index in [0.29, 0.717) is 37.0 Å². The fraction of sp³-hybridized carbons (Fsp3) is 0.0455. The Bertz CT molecular complexity index is 1230. The van der Waals surface area contributed by atoms with Gasteiger partial charge in [0.15, 0.2) is 4.32 Å². The molecule has 2 heterocycles. The van der Waals surface area contributed by atoms with E-state index in [0.717, 1.165) is 0 Å². The van der Waals surface area contributed by atoms with Crippen LogP contribution >= 0.6 is 47.2 Å². The number of ether oxygens (including phenoxy) is 1. The fourth-order valence-electron chi connectivity index (χ4n) is 2.94. The molecule has 0 bridgehead atoms. The summed E-state index contributed by atoms with van der Waals surface area (Å²) in [5.41, 5.74) is 1.54. The van der Waals surface area contributed by atoms with Gasteiger partial charge in [-0.2, -0.15) is 0 Å². The Morgan fingerprint density at radius 1 is 1.13 bits per heavy atom. The van der Waals surface area contributed by atoms with Gasteiger partial charge in [0.2, 0.25) is 0 Å². The van der Waals surface area contributed by atoms with Crippen molar-refractivity contribution in [2.24, 2.45) is 0 Å². The topological polar surface area (TPSA) is 59.8 Å². The van der Waals surface area contributed by atoms with E-state index in [1.54, 1.807) is 60.7 Å². The highest BCUT2D eigenvalue weighted by Gasteiger charge is 2.33. The first-order valence-corrected chi connectivity index (χ1v) is 10.9. The Morgan fingerprint density at radius 2 is 1.87 bits per heavy atom. The van der Waals surface area contributed by atoms with Gasteiger partial charge in [0, 0.05) is 16.7 Å². The summed E-state index contributed by atoms with van der Waals surface area (Å²) in [6.07, 6.45) is 1.63. The Hall–Kier alpha value is -2.58. The van der Waals surface area contributed by atoms with Crippen LogP contribution < -0.4 is 4.90 Å². The lowest BCUT2D eigenvalue weighted by atomic mass is 10.1. The molecule has 1 aromatic heterocycles. The maximum absolute atomic E-state index is 12.9. The molecule has 4 rings (SSSR count). The van der Waals surface area contributed by atoms with E-state index in [9.17, 15) is 9.59 Å². The van der Waals surface area contributed by atoms with Crippen molar-refractivity contribution >= 4 is 75.1 Å². The summed E-state index contributed by atoms with van der Waals surface area (Å²) in [4.78, 5) is 26.6. The van der Waals surface area contributed by atoms with Gasteiger partial charge in [-0.25, -0.2) is 4.79 Å². The summed E-state index contributed by atoms with van der Waals surface area (Å²) in [5.74, 6) is 0.210. The molecule has 2 aromatic carbocycles. The number of halogens is 2. The second-order valence-corrected chi connectivity index (χ2v) is 8.90. The van der Waals surface area contributed by atoms with Crippen molar-refractivity contribution in [3.63, 3.8) is 0 Å². The van der Waals surface area contributed by atoms with Crippen LogP contribution in [-0.4, -0.2) is 23.3 Å². The lowest BCUT2D eigenvalue weighted by molar-refractivity contribution is -0.113. The zero-order chi connectivity index (χ0) is 22.1. The number of amides is 1. The van der Waals surface area contributed by atoms with Crippen molar-refractivity contribution in [2.75, 3.05) is 12.0 Å². The zero-order valence-electron chi connectivity index (χ0n) is 15.9. The minimum atomic E-state index is -0.537. The number of rotatable bonds is 4. The molecule has 156 valence electrons. The molecule has 0 N–H and O–H groups in total. The van der Waals surface area contributed by atoms with Gasteiger partial charge in [-0.3, -0.25) is 9.69 Å². The van der Waals surface area contributed by atoms with Gasteiger partial charge < -0.3 is 9.15 Å². The largest absolute Gasteiger partial charge is 0.465 e. The van der Waals surface area contributed by atoms with E-state index in [-0.39, 0.29) is 16.5 Å². The van der Waals surface area contributed by atoms with Crippen LogP contribution in [0.25, 0.3) is 17.4 Å². The minimum absolute atomic E-state index is 0.239. The number of thiocarbonyl (C=S) groups is 1. The predicted molar refractivity (Wildman–Crippen MR) is 128 cm³/mol. The summed E-state index contributed by atoms with van der Waals surface area (Å²) >= 11 is 18.6. The van der Waals surface area contributed by atoms with Crippen LogP contribution in [0.2, 0.25) is 10.0 Å². The SMILES string of the molecule is COC(=O)c1cc(-c2ccc(/C=C3\SC(=S)N(c4ccc(Cl)cc4)C3=O)o2)ccc1Cl. The summed E-state index contributed by atoms with van der Waals surface area (Å²) in [6.45, 7) is 0. The van der Waals surface area contributed by atoms with Gasteiger partial charge in [0.1, 0.15) is 11.5 Å². The average Bonchev–Trinajstić information content (AvgIpc) is 3.33. The van der Waals surface area contributed by atoms with Crippen LogP contribution in [0.15, 0.2) is 63.9 Å². The van der Waals surface area contributed by atoms with Gasteiger partial charge >= 0.3 is 5.97 Å². The number of hydrogen-bond donors (Lipinski definition) is 0. The number of carbonyl (C=O) groups is 2. The van der Waals surface area contributed by atoms with Crippen LogP contribution in [-0.2, 0) is 9.53 Å². The first-order chi connectivity index (χ1) is 14.9. The molecule has 1 aliphatic rings. The van der Waals surface area contributed by atoms with Gasteiger partial charge in [0.05, 0.1) is 28.3 Å². The van der Waals surface area contributed by atoms with Crippen molar-refractivity contribution < 1.29 is 18.7 Å². The van der Waals surface area contributed by atoms with E-state index in [2.05, 4.69) is 0 Å². The number of nitrogens with zero attached hydrogens (tertiary/aromatic N) is 1. The van der Waals surface area contributed by atoms with Crippen LogP contribution in [0.5, 0.6) is 0 Å². The number of anilines is 1. The molecule has 1 aliphatic heterocycles. The highest BCUT2D eigenvalue weighted by molar-refractivity contribution is 8.27. The van der Waals surface area contributed by atoms with Gasteiger partial charge in [-0.1, -0.05) is 47.2 Å². The lowest BCUT2D eigenvalue weighted by Gasteiger charge is -2.14. The van der Waals surface area contributed by atoms with Crippen molar-refractivity contribution in [2.45, 2.75) is 0 Å². The van der Waals surface area contributed by atoms with Crippen molar-refractivity contribution in [1.82, 2.24) is 0 Å². The molecule has 0 radical (unpaired) electrons. The summed E-state index contributed by atoms with van der Waals surface area (Å²) in [7, 11) is 1.29. The number of benzene rings is 2. The zero-order valence-corrected chi connectivity index (χ0v) is 19.1. The minimum Gasteiger partial charge on any atom is -0.465 e. The van der Waals surface area contributed by atoms with Crippen molar-refractivity contribution in [3.05, 3.63) is 80.9 Å². The molecule has 1 saturated heterocycles. The first kappa shape index (κ1) is 21.6. The molecule has 5 nitrogen and oxygen atoms in total. The van der Waals surface area contributed by atoms with Gasteiger partial charge in [0.25, 0.3) is 5.91 Å². The number of carbonyl (C=O) groups excluding carboxylic acids is 2. The Morgan fingerprint density at radius 3 is 2.58 bits per heavy atom. The van der Waals surface area contributed by atoms with Gasteiger partial charge in [-0.05, 0) is 54.6 Å². The molecule has 31 heavy (non-hydrogen) atoms. The third-order valence-electron chi connectivity index (χ3n) is 4.43. The molecule has 1 fully saturated rings. The number of hydrogen-bond acceptors (Lipinski definition) is 6. The maximum atomic E-state index is 12.9. The van der Waals surface area contributed by atoms with E-state index < -0.39 is 5.97 Å². The number of methoxy groups -OCH3 is 1. The average molecular weight is 490 g/mol. The highest BCUT2D eigenvalue weighted by atomic mass is 35.5. The second-order valence-electron chi connectivity index (χ2n) is 6.38. The fourth-order valence-corrected chi connectivity index (χ4v) is 4.54. The quantitative estimate of drug-likeness (QED) is 0.238. The monoisotopic (exact) mass is 489 g/mol. The smallest absolute Gasteiger partial charge is 0.339 e. The van der Waals surface area contributed by atoms with Crippen LogP contribution in [0.3, 0.4) is 0 Å². The molecular weight excluding hydrogens is 477 g/mol.